The average molecular weight is 426 g/mol. The Balaban J connectivity index is 1.56. The summed E-state index contributed by atoms with van der Waals surface area (Å²) >= 11 is 9.33. The number of hydrogen-bond donors (Lipinski definition) is 0. The Morgan fingerprint density at radius 1 is 1.24 bits per heavy atom. The summed E-state index contributed by atoms with van der Waals surface area (Å²) in [5, 5.41) is 0.609. The van der Waals surface area contributed by atoms with Crippen molar-refractivity contribution in [2.24, 2.45) is 0 Å². The van der Waals surface area contributed by atoms with Crippen molar-refractivity contribution in [1.29, 1.82) is 0 Å². The van der Waals surface area contributed by atoms with Gasteiger partial charge in [-0.1, -0.05) is 11.6 Å². The number of carbonyl (C=O) groups excluding carboxylic acids is 1. The van der Waals surface area contributed by atoms with Gasteiger partial charge in [-0.05, 0) is 47.1 Å². The number of carbonyl (C=O) groups is 1. The molecule has 0 aliphatic carbocycles. The van der Waals surface area contributed by atoms with E-state index in [-0.39, 0.29) is 5.91 Å². The molecule has 2 heterocycles. The zero-order valence-corrected chi connectivity index (χ0v) is 16.1. The molecular formula is C17H18BrClN4O2. The van der Waals surface area contributed by atoms with Crippen LogP contribution in [0, 0.1) is 0 Å². The largest absolute Gasteiger partial charge is 0.480 e. The fraction of sp³-hybridized carbons (Fsp3) is 0.353. The van der Waals surface area contributed by atoms with Gasteiger partial charge in [0.25, 0.3) is 5.91 Å². The quantitative estimate of drug-likeness (QED) is 0.754. The van der Waals surface area contributed by atoms with Crippen molar-refractivity contribution in [2.75, 3.05) is 31.1 Å². The third-order valence-corrected chi connectivity index (χ3v) is 4.83. The third-order valence-electron chi connectivity index (χ3n) is 3.97. The molecule has 1 amide bonds. The van der Waals surface area contributed by atoms with Crippen molar-refractivity contribution in [2.45, 2.75) is 13.0 Å². The first kappa shape index (κ1) is 17.9. The summed E-state index contributed by atoms with van der Waals surface area (Å²) in [5.41, 5.74) is 0. The number of nitrogens with zero attached hydrogens (tertiary/aromatic N) is 4. The van der Waals surface area contributed by atoms with Crippen molar-refractivity contribution in [1.82, 2.24) is 14.9 Å². The van der Waals surface area contributed by atoms with Crippen LogP contribution in [0.15, 0.2) is 41.1 Å². The second-order valence-electron chi connectivity index (χ2n) is 5.70. The molecule has 1 aliphatic heterocycles. The fourth-order valence-electron chi connectivity index (χ4n) is 2.65. The predicted octanol–water partition coefficient (Wildman–Crippen LogP) is 3.01. The van der Waals surface area contributed by atoms with Gasteiger partial charge >= 0.3 is 0 Å². The Morgan fingerprint density at radius 2 is 1.92 bits per heavy atom. The van der Waals surface area contributed by atoms with Gasteiger partial charge in [-0.25, -0.2) is 9.97 Å². The minimum absolute atomic E-state index is 0.0320. The molecule has 1 atom stereocenters. The van der Waals surface area contributed by atoms with Gasteiger partial charge in [0.05, 0.1) is 4.47 Å². The molecule has 1 aromatic carbocycles. The number of anilines is 1. The van der Waals surface area contributed by atoms with E-state index in [1.165, 1.54) is 0 Å². The van der Waals surface area contributed by atoms with E-state index >= 15 is 0 Å². The molecule has 1 saturated heterocycles. The molecule has 0 spiro atoms. The maximum atomic E-state index is 12.6. The zero-order chi connectivity index (χ0) is 17.8. The lowest BCUT2D eigenvalue weighted by Gasteiger charge is -2.35. The van der Waals surface area contributed by atoms with E-state index in [1.807, 2.05) is 4.90 Å². The topological polar surface area (TPSA) is 58.6 Å². The van der Waals surface area contributed by atoms with Crippen molar-refractivity contribution in [3.05, 3.63) is 46.2 Å². The van der Waals surface area contributed by atoms with Gasteiger partial charge in [-0.3, -0.25) is 4.79 Å². The summed E-state index contributed by atoms with van der Waals surface area (Å²) in [6, 6.07) is 7.02. The van der Waals surface area contributed by atoms with Gasteiger partial charge in [0, 0.05) is 43.6 Å². The number of benzene rings is 1. The molecule has 1 aromatic heterocycles. The van der Waals surface area contributed by atoms with Crippen LogP contribution in [0.5, 0.6) is 5.75 Å². The van der Waals surface area contributed by atoms with Crippen molar-refractivity contribution in [3.8, 4) is 5.75 Å². The SMILES string of the molecule is CC(Oc1ccc(Cl)cc1Br)C(=O)N1CCN(c2ncccn2)CC1. The Hall–Kier alpha value is -1.86. The Kier molecular flexibility index (Phi) is 5.75. The molecule has 8 heteroatoms. The normalized spacial score (nSPS) is 15.8. The average Bonchev–Trinajstić information content (AvgIpc) is 2.64. The van der Waals surface area contributed by atoms with Gasteiger partial charge in [0.1, 0.15) is 5.75 Å². The van der Waals surface area contributed by atoms with Crippen LogP contribution in [0.1, 0.15) is 6.92 Å². The molecule has 0 radical (unpaired) electrons. The highest BCUT2D eigenvalue weighted by Crippen LogP contribution is 2.29. The maximum Gasteiger partial charge on any atom is 0.263 e. The second kappa shape index (κ2) is 8.01. The summed E-state index contributed by atoms with van der Waals surface area (Å²) in [6.45, 7) is 4.40. The standard InChI is InChI=1S/C17H18BrClN4O2/c1-12(25-15-4-3-13(19)11-14(15)18)16(24)22-7-9-23(10-8-22)17-20-5-2-6-21-17/h2-6,11-12H,7-10H2,1H3. The minimum Gasteiger partial charge on any atom is -0.480 e. The van der Waals surface area contributed by atoms with E-state index in [0.717, 1.165) is 4.47 Å². The van der Waals surface area contributed by atoms with Gasteiger partial charge < -0.3 is 14.5 Å². The van der Waals surface area contributed by atoms with E-state index in [9.17, 15) is 4.79 Å². The molecule has 1 fully saturated rings. The number of amides is 1. The third kappa shape index (κ3) is 4.41. The van der Waals surface area contributed by atoms with E-state index in [0.29, 0.717) is 42.9 Å². The summed E-state index contributed by atoms with van der Waals surface area (Å²) in [5.74, 6) is 1.26. The maximum absolute atomic E-state index is 12.6. The van der Waals surface area contributed by atoms with Crippen LogP contribution < -0.4 is 9.64 Å². The van der Waals surface area contributed by atoms with Gasteiger partial charge in [0.2, 0.25) is 5.95 Å². The Morgan fingerprint density at radius 3 is 2.56 bits per heavy atom. The molecule has 1 aliphatic rings. The van der Waals surface area contributed by atoms with Gasteiger partial charge in [-0.2, -0.15) is 0 Å². The van der Waals surface area contributed by atoms with Gasteiger partial charge in [0.15, 0.2) is 6.10 Å². The van der Waals surface area contributed by atoms with Crippen LogP contribution in [0.2, 0.25) is 5.02 Å². The number of piperazine rings is 1. The number of rotatable bonds is 4. The lowest BCUT2D eigenvalue weighted by Crippen LogP contribution is -2.52. The summed E-state index contributed by atoms with van der Waals surface area (Å²) in [7, 11) is 0. The van der Waals surface area contributed by atoms with Crippen LogP contribution in [0.4, 0.5) is 5.95 Å². The fourth-order valence-corrected chi connectivity index (χ4v) is 3.43. The van der Waals surface area contributed by atoms with Crippen LogP contribution in [-0.2, 0) is 4.79 Å². The summed E-state index contributed by atoms with van der Waals surface area (Å²) in [6.07, 6.45) is 2.87. The Labute approximate surface area is 159 Å². The summed E-state index contributed by atoms with van der Waals surface area (Å²) in [4.78, 5) is 25.0. The lowest BCUT2D eigenvalue weighted by molar-refractivity contribution is -0.138. The van der Waals surface area contributed by atoms with Crippen LogP contribution in [-0.4, -0.2) is 53.1 Å². The van der Waals surface area contributed by atoms with Crippen molar-refractivity contribution >= 4 is 39.4 Å². The Bertz CT molecular complexity index is 739. The number of ether oxygens (including phenoxy) is 1. The number of aromatic nitrogens is 2. The van der Waals surface area contributed by atoms with Crippen molar-refractivity contribution in [3.63, 3.8) is 0 Å². The number of hydrogen-bond acceptors (Lipinski definition) is 5. The molecule has 3 rings (SSSR count). The monoisotopic (exact) mass is 424 g/mol. The zero-order valence-electron chi connectivity index (χ0n) is 13.7. The molecule has 2 aromatic rings. The second-order valence-corrected chi connectivity index (χ2v) is 6.99. The number of halogens is 2. The minimum atomic E-state index is -0.572. The van der Waals surface area contributed by atoms with E-state index in [2.05, 4.69) is 30.8 Å². The predicted molar refractivity (Wildman–Crippen MR) is 100 cm³/mol. The highest BCUT2D eigenvalue weighted by molar-refractivity contribution is 9.10. The molecule has 25 heavy (non-hydrogen) atoms. The van der Waals surface area contributed by atoms with E-state index < -0.39 is 6.10 Å². The van der Waals surface area contributed by atoms with Crippen molar-refractivity contribution < 1.29 is 9.53 Å². The molecule has 132 valence electrons. The molecule has 0 N–H and O–H groups in total. The molecular weight excluding hydrogens is 408 g/mol. The van der Waals surface area contributed by atoms with E-state index in [4.69, 9.17) is 16.3 Å². The van der Waals surface area contributed by atoms with Crippen LogP contribution in [0.25, 0.3) is 0 Å². The molecule has 0 bridgehead atoms. The first-order valence-corrected chi connectivity index (χ1v) is 9.14. The van der Waals surface area contributed by atoms with E-state index in [1.54, 1.807) is 43.6 Å². The first-order chi connectivity index (χ1) is 12.0. The van der Waals surface area contributed by atoms with Crippen LogP contribution >= 0.6 is 27.5 Å². The molecule has 1 unspecified atom stereocenters. The van der Waals surface area contributed by atoms with Crippen LogP contribution in [0.3, 0.4) is 0 Å². The lowest BCUT2D eigenvalue weighted by atomic mass is 10.2. The summed E-state index contributed by atoms with van der Waals surface area (Å²) < 4.78 is 6.52. The molecule has 6 nitrogen and oxygen atoms in total. The smallest absolute Gasteiger partial charge is 0.263 e. The highest BCUT2D eigenvalue weighted by Gasteiger charge is 2.27. The highest BCUT2D eigenvalue weighted by atomic mass is 79.9. The van der Waals surface area contributed by atoms with Gasteiger partial charge in [-0.15, -0.1) is 0 Å². The first-order valence-electron chi connectivity index (χ1n) is 7.97. The molecule has 0 saturated carbocycles.